The fourth-order valence-corrected chi connectivity index (χ4v) is 2.17. The summed E-state index contributed by atoms with van der Waals surface area (Å²) in [7, 11) is 0. The Labute approximate surface area is 98.8 Å². The van der Waals surface area contributed by atoms with E-state index in [1.54, 1.807) is 12.1 Å². The smallest absolute Gasteiger partial charge is 0.336 e. The average molecular weight is 238 g/mol. The Balaban J connectivity index is 1.84. The molecule has 0 saturated heterocycles. The number of hydrogen-bond acceptors (Lipinski definition) is 3. The molecule has 1 aromatic carbocycles. The third-order valence-corrected chi connectivity index (χ3v) is 3.42. The zero-order chi connectivity index (χ0) is 11.4. The first-order valence-corrected chi connectivity index (χ1v) is 6.29. The van der Waals surface area contributed by atoms with Gasteiger partial charge in [-0.1, -0.05) is 23.9 Å². The van der Waals surface area contributed by atoms with Crippen molar-refractivity contribution in [1.29, 1.82) is 0 Å². The van der Waals surface area contributed by atoms with Crippen LogP contribution in [0.3, 0.4) is 0 Å². The highest BCUT2D eigenvalue weighted by Gasteiger charge is 2.21. The summed E-state index contributed by atoms with van der Waals surface area (Å²) >= 11 is 1.44. The number of carbonyl (C=O) groups is 1. The minimum atomic E-state index is -0.884. The van der Waals surface area contributed by atoms with E-state index < -0.39 is 5.97 Å². The quantitative estimate of drug-likeness (QED) is 0.470. The maximum Gasteiger partial charge on any atom is 0.336 e. The molecule has 1 aliphatic rings. The van der Waals surface area contributed by atoms with Crippen LogP contribution < -0.4 is 0 Å². The molecule has 0 spiro atoms. The van der Waals surface area contributed by atoms with Crippen molar-refractivity contribution in [2.24, 2.45) is 5.92 Å². The molecule has 1 aliphatic carbocycles. The zero-order valence-electron chi connectivity index (χ0n) is 8.89. The van der Waals surface area contributed by atoms with Crippen LogP contribution in [-0.4, -0.2) is 23.6 Å². The molecule has 1 saturated carbocycles. The van der Waals surface area contributed by atoms with Gasteiger partial charge in [-0.25, -0.2) is 4.79 Å². The summed E-state index contributed by atoms with van der Waals surface area (Å²) < 4.78 is 5.47. The summed E-state index contributed by atoms with van der Waals surface area (Å²) in [5, 5.41) is 8.97. The SMILES string of the molecule is O=C(O)c1ccccc1SCOCC1CC1. The van der Waals surface area contributed by atoms with Gasteiger partial charge in [-0.15, -0.1) is 0 Å². The van der Waals surface area contributed by atoms with Crippen molar-refractivity contribution in [3.05, 3.63) is 29.8 Å². The minimum absolute atomic E-state index is 0.350. The van der Waals surface area contributed by atoms with Crippen molar-refractivity contribution in [1.82, 2.24) is 0 Å². The van der Waals surface area contributed by atoms with Gasteiger partial charge in [-0.2, -0.15) is 0 Å². The van der Waals surface area contributed by atoms with E-state index in [-0.39, 0.29) is 0 Å². The van der Waals surface area contributed by atoms with Gasteiger partial charge in [0.15, 0.2) is 0 Å². The largest absolute Gasteiger partial charge is 0.478 e. The van der Waals surface area contributed by atoms with Crippen LogP contribution in [-0.2, 0) is 4.74 Å². The lowest BCUT2D eigenvalue weighted by Gasteiger charge is -2.05. The summed E-state index contributed by atoms with van der Waals surface area (Å²) in [6.07, 6.45) is 2.55. The van der Waals surface area contributed by atoms with Crippen LogP contribution in [0, 0.1) is 5.92 Å². The maximum absolute atomic E-state index is 10.9. The Hall–Kier alpha value is -1.00. The van der Waals surface area contributed by atoms with Crippen LogP contribution in [0.5, 0.6) is 0 Å². The van der Waals surface area contributed by atoms with Gasteiger partial charge in [-0.05, 0) is 30.9 Å². The first kappa shape index (κ1) is 11.5. The molecule has 0 unspecified atom stereocenters. The van der Waals surface area contributed by atoms with Crippen molar-refractivity contribution in [2.75, 3.05) is 12.5 Å². The monoisotopic (exact) mass is 238 g/mol. The Kier molecular flexibility index (Phi) is 3.85. The van der Waals surface area contributed by atoms with Gasteiger partial charge in [-0.3, -0.25) is 0 Å². The molecule has 1 N–H and O–H groups in total. The van der Waals surface area contributed by atoms with Gasteiger partial charge in [0.1, 0.15) is 0 Å². The summed E-state index contributed by atoms with van der Waals surface area (Å²) in [6, 6.07) is 7.01. The van der Waals surface area contributed by atoms with E-state index in [0.717, 1.165) is 17.4 Å². The Morgan fingerprint density at radius 3 is 2.88 bits per heavy atom. The van der Waals surface area contributed by atoms with Gasteiger partial charge in [0.05, 0.1) is 18.1 Å². The van der Waals surface area contributed by atoms with Crippen LogP contribution in [0.25, 0.3) is 0 Å². The molecule has 0 heterocycles. The van der Waals surface area contributed by atoms with Crippen LogP contribution in [0.2, 0.25) is 0 Å². The van der Waals surface area contributed by atoms with Gasteiger partial charge in [0.2, 0.25) is 0 Å². The lowest BCUT2D eigenvalue weighted by molar-refractivity contribution is 0.0693. The first-order chi connectivity index (χ1) is 7.77. The fraction of sp³-hybridized carbons (Fsp3) is 0.417. The molecule has 1 fully saturated rings. The fourth-order valence-electron chi connectivity index (χ4n) is 1.37. The molecule has 16 heavy (non-hydrogen) atoms. The number of hydrogen-bond donors (Lipinski definition) is 1. The molecule has 1 aromatic rings. The van der Waals surface area contributed by atoms with E-state index in [2.05, 4.69) is 0 Å². The second-order valence-corrected chi connectivity index (χ2v) is 4.84. The predicted molar refractivity (Wildman–Crippen MR) is 62.8 cm³/mol. The van der Waals surface area contributed by atoms with Crippen molar-refractivity contribution < 1.29 is 14.6 Å². The molecule has 4 heteroatoms. The molecule has 0 atom stereocenters. The topological polar surface area (TPSA) is 46.5 Å². The number of carboxylic acids is 1. The molecule has 0 radical (unpaired) electrons. The Morgan fingerprint density at radius 1 is 1.44 bits per heavy atom. The number of benzene rings is 1. The highest BCUT2D eigenvalue weighted by atomic mass is 32.2. The number of thioether (sulfide) groups is 1. The third-order valence-electron chi connectivity index (χ3n) is 2.47. The molecular weight excluding hydrogens is 224 g/mol. The maximum atomic E-state index is 10.9. The highest BCUT2D eigenvalue weighted by Crippen LogP contribution is 2.30. The number of carboxylic acid groups (broad SMARTS) is 1. The van der Waals surface area contributed by atoms with Crippen molar-refractivity contribution in [3.63, 3.8) is 0 Å². The van der Waals surface area contributed by atoms with E-state index in [4.69, 9.17) is 9.84 Å². The normalized spacial score (nSPS) is 15.0. The summed E-state index contributed by atoms with van der Waals surface area (Å²) in [6.45, 7) is 0.808. The number of rotatable bonds is 6. The van der Waals surface area contributed by atoms with E-state index in [1.807, 2.05) is 12.1 Å². The first-order valence-electron chi connectivity index (χ1n) is 5.30. The minimum Gasteiger partial charge on any atom is -0.478 e. The molecule has 86 valence electrons. The predicted octanol–water partition coefficient (Wildman–Crippen LogP) is 2.86. The average Bonchev–Trinajstić information content (AvgIpc) is 3.08. The second kappa shape index (κ2) is 5.37. The Morgan fingerprint density at radius 2 is 2.19 bits per heavy atom. The lowest BCUT2D eigenvalue weighted by Crippen LogP contribution is -2.00. The number of ether oxygens (including phenoxy) is 1. The van der Waals surface area contributed by atoms with E-state index >= 15 is 0 Å². The summed E-state index contributed by atoms with van der Waals surface area (Å²) in [5.74, 6) is 0.390. The van der Waals surface area contributed by atoms with Gasteiger partial charge in [0, 0.05) is 4.90 Å². The lowest BCUT2D eigenvalue weighted by atomic mass is 10.2. The van der Waals surface area contributed by atoms with Crippen LogP contribution in [0.4, 0.5) is 0 Å². The van der Waals surface area contributed by atoms with Gasteiger partial charge in [0.25, 0.3) is 0 Å². The van der Waals surface area contributed by atoms with Crippen molar-refractivity contribution in [2.45, 2.75) is 17.7 Å². The number of aromatic carboxylic acids is 1. The molecule has 0 amide bonds. The van der Waals surface area contributed by atoms with Crippen LogP contribution in [0.15, 0.2) is 29.2 Å². The van der Waals surface area contributed by atoms with Crippen LogP contribution >= 0.6 is 11.8 Å². The van der Waals surface area contributed by atoms with Crippen molar-refractivity contribution in [3.8, 4) is 0 Å². The van der Waals surface area contributed by atoms with Crippen molar-refractivity contribution >= 4 is 17.7 Å². The van der Waals surface area contributed by atoms with E-state index in [1.165, 1.54) is 24.6 Å². The molecule has 3 nitrogen and oxygen atoms in total. The molecule has 0 aliphatic heterocycles. The standard InChI is InChI=1S/C12H14O3S/c13-12(14)10-3-1-2-4-11(10)16-8-15-7-9-5-6-9/h1-4,9H,5-8H2,(H,13,14). The summed E-state index contributed by atoms with van der Waals surface area (Å²) in [5.41, 5.74) is 0.350. The van der Waals surface area contributed by atoms with Gasteiger partial charge >= 0.3 is 5.97 Å². The third kappa shape index (κ3) is 3.25. The second-order valence-electron chi connectivity index (χ2n) is 3.88. The van der Waals surface area contributed by atoms with E-state index in [0.29, 0.717) is 11.5 Å². The van der Waals surface area contributed by atoms with Crippen LogP contribution in [0.1, 0.15) is 23.2 Å². The highest BCUT2D eigenvalue weighted by molar-refractivity contribution is 7.99. The molecule has 0 aromatic heterocycles. The Bertz CT molecular complexity index is 374. The van der Waals surface area contributed by atoms with Gasteiger partial charge < -0.3 is 9.84 Å². The molecular formula is C12H14O3S. The summed E-state index contributed by atoms with van der Waals surface area (Å²) in [4.78, 5) is 11.7. The molecule has 0 bridgehead atoms. The van der Waals surface area contributed by atoms with E-state index in [9.17, 15) is 4.79 Å². The zero-order valence-corrected chi connectivity index (χ0v) is 9.70. The molecule has 2 rings (SSSR count).